The van der Waals surface area contributed by atoms with E-state index in [-0.39, 0.29) is 5.91 Å². The van der Waals surface area contributed by atoms with Crippen molar-refractivity contribution in [2.24, 2.45) is 13.0 Å². The van der Waals surface area contributed by atoms with Crippen LogP contribution >= 0.6 is 15.9 Å². The molecular formula is C10H16BrN3O. The zero-order valence-corrected chi connectivity index (χ0v) is 10.6. The average Bonchev–Trinajstić information content (AvgIpc) is 2.62. The lowest BCUT2D eigenvalue weighted by atomic mass is 10.1. The summed E-state index contributed by atoms with van der Waals surface area (Å²) >= 11 is 3.38. The second-order valence-electron chi connectivity index (χ2n) is 3.67. The van der Waals surface area contributed by atoms with Crippen LogP contribution < -0.4 is 5.32 Å². The maximum atomic E-state index is 11.6. The van der Waals surface area contributed by atoms with Gasteiger partial charge in [0.1, 0.15) is 5.69 Å². The number of hydrogen-bond donors (Lipinski definition) is 1. The van der Waals surface area contributed by atoms with Gasteiger partial charge >= 0.3 is 0 Å². The van der Waals surface area contributed by atoms with Crippen molar-refractivity contribution in [3.63, 3.8) is 0 Å². The van der Waals surface area contributed by atoms with Gasteiger partial charge in [0, 0.05) is 25.1 Å². The summed E-state index contributed by atoms with van der Waals surface area (Å²) in [6.07, 6.45) is 2.82. The average molecular weight is 274 g/mol. The number of carbonyl (C=O) groups excluding carboxylic acids is 1. The van der Waals surface area contributed by atoms with E-state index in [1.54, 1.807) is 24.0 Å². The van der Waals surface area contributed by atoms with E-state index in [0.29, 0.717) is 18.2 Å². The minimum atomic E-state index is -0.1000. The lowest BCUT2D eigenvalue weighted by Crippen LogP contribution is -2.28. The van der Waals surface area contributed by atoms with Gasteiger partial charge in [-0.05, 0) is 18.4 Å². The van der Waals surface area contributed by atoms with Crippen LogP contribution in [0.2, 0.25) is 0 Å². The summed E-state index contributed by atoms with van der Waals surface area (Å²) in [4.78, 5) is 11.6. The van der Waals surface area contributed by atoms with Crippen LogP contribution in [0.4, 0.5) is 0 Å². The Kier molecular flexibility index (Phi) is 4.81. The van der Waals surface area contributed by atoms with Crippen LogP contribution in [0.25, 0.3) is 0 Å². The van der Waals surface area contributed by atoms with E-state index >= 15 is 0 Å². The van der Waals surface area contributed by atoms with Crippen LogP contribution in [0.15, 0.2) is 12.3 Å². The molecule has 1 atom stereocenters. The monoisotopic (exact) mass is 273 g/mol. The lowest BCUT2D eigenvalue weighted by Gasteiger charge is -2.09. The van der Waals surface area contributed by atoms with Crippen molar-refractivity contribution >= 4 is 21.8 Å². The fraction of sp³-hybridized carbons (Fsp3) is 0.600. The first kappa shape index (κ1) is 12.2. The summed E-state index contributed by atoms with van der Waals surface area (Å²) in [5.41, 5.74) is 0.476. The minimum absolute atomic E-state index is 0.1000. The van der Waals surface area contributed by atoms with Crippen LogP contribution in [-0.4, -0.2) is 27.6 Å². The fourth-order valence-corrected chi connectivity index (χ4v) is 1.96. The second-order valence-corrected chi connectivity index (χ2v) is 4.46. The Hall–Kier alpha value is -0.840. The first-order valence-corrected chi connectivity index (χ1v) is 6.09. The molecule has 0 aliphatic heterocycles. The minimum Gasteiger partial charge on any atom is -0.350 e. The van der Waals surface area contributed by atoms with Crippen LogP contribution in [0, 0.1) is 5.92 Å². The smallest absolute Gasteiger partial charge is 0.271 e. The van der Waals surface area contributed by atoms with E-state index in [1.807, 2.05) is 0 Å². The number of halogens is 1. The Morgan fingerprint density at radius 2 is 2.47 bits per heavy atom. The molecule has 0 saturated carbocycles. The van der Waals surface area contributed by atoms with Crippen LogP contribution in [0.3, 0.4) is 0 Å². The summed E-state index contributed by atoms with van der Waals surface area (Å²) in [6, 6.07) is 1.71. The number of aryl methyl sites for hydroxylation is 1. The molecule has 1 unspecified atom stereocenters. The summed E-state index contributed by atoms with van der Waals surface area (Å²) < 4.78 is 1.62. The molecule has 0 fully saturated rings. The molecule has 0 aliphatic rings. The number of nitrogens with one attached hydrogen (secondary N) is 1. The largest absolute Gasteiger partial charge is 0.350 e. The van der Waals surface area contributed by atoms with Crippen LogP contribution in [-0.2, 0) is 7.05 Å². The highest BCUT2D eigenvalue weighted by Crippen LogP contribution is 2.03. The van der Waals surface area contributed by atoms with Gasteiger partial charge in [0.25, 0.3) is 5.91 Å². The second kappa shape index (κ2) is 5.90. The molecule has 1 N–H and O–H groups in total. The Morgan fingerprint density at radius 3 is 3.00 bits per heavy atom. The number of aromatic nitrogens is 2. The predicted octanol–water partition coefficient (Wildman–Crippen LogP) is 1.57. The quantitative estimate of drug-likeness (QED) is 0.828. The topological polar surface area (TPSA) is 46.9 Å². The third-order valence-electron chi connectivity index (χ3n) is 2.16. The zero-order chi connectivity index (χ0) is 11.3. The standard InChI is InChI=1S/C10H16BrN3O/c1-8(3-5-11)7-12-10(15)9-4-6-14(2)13-9/h4,6,8H,3,5,7H2,1-2H3,(H,12,15). The van der Waals surface area contributed by atoms with Crippen molar-refractivity contribution in [2.45, 2.75) is 13.3 Å². The summed E-state index contributed by atoms with van der Waals surface area (Å²) in [7, 11) is 1.80. The molecule has 0 bridgehead atoms. The Balaban J connectivity index is 2.36. The van der Waals surface area contributed by atoms with Gasteiger partial charge in [0.05, 0.1) is 0 Å². The Bertz CT molecular complexity index is 324. The summed E-state index contributed by atoms with van der Waals surface area (Å²) in [5.74, 6) is 0.383. The van der Waals surface area contributed by atoms with Gasteiger partial charge in [-0.15, -0.1) is 0 Å². The van der Waals surface area contributed by atoms with Crippen LogP contribution in [0.5, 0.6) is 0 Å². The van der Waals surface area contributed by atoms with Gasteiger partial charge in [-0.25, -0.2) is 0 Å². The molecule has 1 aromatic rings. The van der Waals surface area contributed by atoms with E-state index in [9.17, 15) is 4.79 Å². The molecule has 1 heterocycles. The molecule has 0 aromatic carbocycles. The summed E-state index contributed by atoms with van der Waals surface area (Å²) in [5, 5.41) is 7.86. The SMILES string of the molecule is CC(CCBr)CNC(=O)c1ccn(C)n1. The Labute approximate surface area is 98.2 Å². The molecule has 4 nitrogen and oxygen atoms in total. The maximum absolute atomic E-state index is 11.6. The number of alkyl halides is 1. The third-order valence-corrected chi connectivity index (χ3v) is 2.62. The highest BCUT2D eigenvalue weighted by Gasteiger charge is 2.09. The van der Waals surface area contributed by atoms with Gasteiger partial charge in [-0.1, -0.05) is 22.9 Å². The third kappa shape index (κ3) is 4.03. The predicted molar refractivity (Wildman–Crippen MR) is 63.1 cm³/mol. The zero-order valence-electron chi connectivity index (χ0n) is 9.03. The summed E-state index contributed by atoms with van der Waals surface area (Å²) in [6.45, 7) is 2.81. The molecule has 0 spiro atoms. The fourth-order valence-electron chi connectivity index (χ4n) is 1.18. The van der Waals surface area contributed by atoms with E-state index in [0.717, 1.165) is 11.8 Å². The van der Waals surface area contributed by atoms with Crippen molar-refractivity contribution in [1.29, 1.82) is 0 Å². The van der Waals surface area contributed by atoms with E-state index in [1.165, 1.54) is 0 Å². The molecule has 0 aliphatic carbocycles. The van der Waals surface area contributed by atoms with E-state index in [4.69, 9.17) is 0 Å². The van der Waals surface area contributed by atoms with Gasteiger partial charge < -0.3 is 5.32 Å². The molecule has 0 saturated heterocycles. The van der Waals surface area contributed by atoms with Gasteiger partial charge in [-0.3, -0.25) is 9.48 Å². The molecule has 1 amide bonds. The molecule has 1 aromatic heterocycles. The van der Waals surface area contributed by atoms with Crippen molar-refractivity contribution in [2.75, 3.05) is 11.9 Å². The van der Waals surface area contributed by atoms with Gasteiger partial charge in [0.15, 0.2) is 0 Å². The molecule has 1 rings (SSSR count). The van der Waals surface area contributed by atoms with Gasteiger partial charge in [0.2, 0.25) is 0 Å². The molecule has 0 radical (unpaired) electrons. The van der Waals surface area contributed by atoms with E-state index < -0.39 is 0 Å². The van der Waals surface area contributed by atoms with Crippen molar-refractivity contribution in [3.8, 4) is 0 Å². The molecule has 5 heteroatoms. The number of nitrogens with zero attached hydrogens (tertiary/aromatic N) is 2. The van der Waals surface area contributed by atoms with Gasteiger partial charge in [-0.2, -0.15) is 5.10 Å². The number of amides is 1. The molecular weight excluding hydrogens is 258 g/mol. The van der Waals surface area contributed by atoms with Crippen molar-refractivity contribution < 1.29 is 4.79 Å². The molecule has 84 valence electrons. The Morgan fingerprint density at radius 1 is 1.73 bits per heavy atom. The van der Waals surface area contributed by atoms with E-state index in [2.05, 4.69) is 33.3 Å². The number of hydrogen-bond acceptors (Lipinski definition) is 2. The normalized spacial score (nSPS) is 12.5. The molecule has 15 heavy (non-hydrogen) atoms. The highest BCUT2D eigenvalue weighted by atomic mass is 79.9. The lowest BCUT2D eigenvalue weighted by molar-refractivity contribution is 0.0942. The number of carbonyl (C=O) groups is 1. The number of rotatable bonds is 5. The first-order chi connectivity index (χ1) is 7.13. The maximum Gasteiger partial charge on any atom is 0.271 e. The van der Waals surface area contributed by atoms with Crippen molar-refractivity contribution in [3.05, 3.63) is 18.0 Å². The van der Waals surface area contributed by atoms with Crippen molar-refractivity contribution in [1.82, 2.24) is 15.1 Å². The first-order valence-electron chi connectivity index (χ1n) is 4.97. The van der Waals surface area contributed by atoms with Crippen LogP contribution in [0.1, 0.15) is 23.8 Å². The highest BCUT2D eigenvalue weighted by molar-refractivity contribution is 9.09.